The second kappa shape index (κ2) is 4.30. The zero-order valence-corrected chi connectivity index (χ0v) is 7.25. The summed E-state index contributed by atoms with van der Waals surface area (Å²) in [6.45, 7) is 2.79. The molecule has 4 nitrogen and oxygen atoms in total. The molecule has 1 aliphatic rings. The van der Waals surface area contributed by atoms with E-state index in [-0.39, 0.29) is 12.2 Å². The molecule has 0 aromatic rings. The van der Waals surface area contributed by atoms with Crippen LogP contribution in [-0.4, -0.2) is 30.5 Å². The SMILES string of the molecule is CCOC(=O)NCC1CC(O)C1. The Morgan fingerprint density at radius 3 is 2.83 bits per heavy atom. The van der Waals surface area contributed by atoms with Crippen LogP contribution >= 0.6 is 0 Å². The van der Waals surface area contributed by atoms with E-state index in [4.69, 9.17) is 5.11 Å². The number of carbonyl (C=O) groups is 1. The molecule has 4 heteroatoms. The third kappa shape index (κ3) is 2.70. The standard InChI is InChI=1S/C8H15NO3/c1-2-12-8(11)9-5-6-3-7(10)4-6/h6-7,10H,2-5H2,1H3,(H,9,11). The number of hydrogen-bond donors (Lipinski definition) is 2. The molecule has 1 rings (SSSR count). The molecular formula is C8H15NO3. The van der Waals surface area contributed by atoms with Gasteiger partial charge in [-0.05, 0) is 25.7 Å². The molecule has 0 spiro atoms. The van der Waals surface area contributed by atoms with Crippen LogP contribution in [0.4, 0.5) is 4.79 Å². The van der Waals surface area contributed by atoms with Crippen LogP contribution < -0.4 is 5.32 Å². The average molecular weight is 173 g/mol. The second-order valence-corrected chi connectivity index (χ2v) is 3.09. The van der Waals surface area contributed by atoms with E-state index in [1.807, 2.05) is 0 Å². The lowest BCUT2D eigenvalue weighted by molar-refractivity contribution is 0.0422. The first-order valence-electron chi connectivity index (χ1n) is 4.31. The van der Waals surface area contributed by atoms with Crippen molar-refractivity contribution in [3.63, 3.8) is 0 Å². The fourth-order valence-corrected chi connectivity index (χ4v) is 1.28. The number of hydrogen-bond acceptors (Lipinski definition) is 3. The van der Waals surface area contributed by atoms with Gasteiger partial charge in [-0.2, -0.15) is 0 Å². The van der Waals surface area contributed by atoms with Gasteiger partial charge in [0.2, 0.25) is 0 Å². The largest absolute Gasteiger partial charge is 0.450 e. The van der Waals surface area contributed by atoms with Gasteiger partial charge < -0.3 is 15.2 Å². The topological polar surface area (TPSA) is 58.6 Å². The Morgan fingerprint density at radius 2 is 2.33 bits per heavy atom. The molecule has 1 fully saturated rings. The minimum Gasteiger partial charge on any atom is -0.450 e. The summed E-state index contributed by atoms with van der Waals surface area (Å²) in [7, 11) is 0. The average Bonchev–Trinajstić information content (AvgIpc) is 1.96. The molecule has 12 heavy (non-hydrogen) atoms. The van der Waals surface area contributed by atoms with Crippen molar-refractivity contribution in [1.82, 2.24) is 5.32 Å². The van der Waals surface area contributed by atoms with Crippen LogP contribution in [0.2, 0.25) is 0 Å². The first kappa shape index (κ1) is 9.32. The van der Waals surface area contributed by atoms with E-state index in [0.29, 0.717) is 19.1 Å². The summed E-state index contributed by atoms with van der Waals surface area (Å²) in [6.07, 6.45) is 1.08. The van der Waals surface area contributed by atoms with Crippen molar-refractivity contribution in [2.24, 2.45) is 5.92 Å². The molecule has 70 valence electrons. The van der Waals surface area contributed by atoms with E-state index in [1.54, 1.807) is 6.92 Å². The van der Waals surface area contributed by atoms with Crippen LogP contribution in [0, 0.1) is 5.92 Å². The molecule has 0 atom stereocenters. The summed E-state index contributed by atoms with van der Waals surface area (Å²) in [6, 6.07) is 0. The van der Waals surface area contributed by atoms with Crippen LogP contribution in [0.5, 0.6) is 0 Å². The summed E-state index contributed by atoms with van der Waals surface area (Å²) < 4.78 is 4.68. The number of amides is 1. The quantitative estimate of drug-likeness (QED) is 0.653. The van der Waals surface area contributed by atoms with Gasteiger partial charge in [0.25, 0.3) is 0 Å². The molecule has 0 aromatic heterocycles. The van der Waals surface area contributed by atoms with Gasteiger partial charge in [0.05, 0.1) is 12.7 Å². The fourth-order valence-electron chi connectivity index (χ4n) is 1.28. The molecule has 1 amide bonds. The Balaban J connectivity index is 1.98. The number of alkyl carbamates (subject to hydrolysis) is 1. The predicted octanol–water partition coefficient (Wildman–Crippen LogP) is 0.503. The lowest BCUT2D eigenvalue weighted by Crippen LogP contribution is -2.38. The van der Waals surface area contributed by atoms with Crippen molar-refractivity contribution in [3.8, 4) is 0 Å². The molecule has 0 saturated heterocycles. The van der Waals surface area contributed by atoms with Crippen molar-refractivity contribution in [2.45, 2.75) is 25.9 Å². The zero-order chi connectivity index (χ0) is 8.97. The highest BCUT2D eigenvalue weighted by Crippen LogP contribution is 2.25. The van der Waals surface area contributed by atoms with Crippen LogP contribution in [0.3, 0.4) is 0 Å². The summed E-state index contributed by atoms with van der Waals surface area (Å²) in [5, 5.41) is 11.6. The second-order valence-electron chi connectivity index (χ2n) is 3.09. The minimum absolute atomic E-state index is 0.154. The van der Waals surface area contributed by atoms with Crippen LogP contribution in [0.1, 0.15) is 19.8 Å². The van der Waals surface area contributed by atoms with Gasteiger partial charge >= 0.3 is 6.09 Å². The van der Waals surface area contributed by atoms with Gasteiger partial charge in [-0.1, -0.05) is 0 Å². The highest BCUT2D eigenvalue weighted by atomic mass is 16.5. The van der Waals surface area contributed by atoms with Gasteiger partial charge in [-0.3, -0.25) is 0 Å². The smallest absolute Gasteiger partial charge is 0.407 e. The summed E-state index contributed by atoms with van der Waals surface area (Å²) >= 11 is 0. The van der Waals surface area contributed by atoms with Crippen molar-refractivity contribution in [3.05, 3.63) is 0 Å². The Bertz CT molecular complexity index is 154. The summed E-state index contributed by atoms with van der Waals surface area (Å²) in [5.41, 5.74) is 0. The molecule has 0 unspecified atom stereocenters. The summed E-state index contributed by atoms with van der Waals surface area (Å²) in [4.78, 5) is 10.8. The van der Waals surface area contributed by atoms with E-state index in [1.165, 1.54) is 0 Å². The lowest BCUT2D eigenvalue weighted by atomic mass is 9.82. The van der Waals surface area contributed by atoms with Gasteiger partial charge in [-0.15, -0.1) is 0 Å². The van der Waals surface area contributed by atoms with E-state index in [2.05, 4.69) is 10.1 Å². The van der Waals surface area contributed by atoms with Crippen LogP contribution in [-0.2, 0) is 4.74 Å². The van der Waals surface area contributed by atoms with Crippen molar-refractivity contribution in [1.29, 1.82) is 0 Å². The number of nitrogens with one attached hydrogen (secondary N) is 1. The molecular weight excluding hydrogens is 158 g/mol. The van der Waals surface area contributed by atoms with Crippen molar-refractivity contribution >= 4 is 6.09 Å². The van der Waals surface area contributed by atoms with Gasteiger partial charge in [0.15, 0.2) is 0 Å². The van der Waals surface area contributed by atoms with E-state index in [0.717, 1.165) is 12.8 Å². The zero-order valence-electron chi connectivity index (χ0n) is 7.25. The minimum atomic E-state index is -0.362. The normalized spacial score (nSPS) is 27.5. The maximum absolute atomic E-state index is 10.8. The summed E-state index contributed by atoms with van der Waals surface area (Å²) in [5.74, 6) is 0.435. The van der Waals surface area contributed by atoms with E-state index < -0.39 is 0 Å². The molecule has 0 heterocycles. The number of aliphatic hydroxyl groups is 1. The first-order chi connectivity index (χ1) is 5.72. The monoisotopic (exact) mass is 173 g/mol. The van der Waals surface area contributed by atoms with Gasteiger partial charge in [-0.25, -0.2) is 4.79 Å². The van der Waals surface area contributed by atoms with Crippen molar-refractivity contribution < 1.29 is 14.6 Å². The molecule has 0 aromatic carbocycles. The molecule has 0 aliphatic heterocycles. The number of aliphatic hydroxyl groups excluding tert-OH is 1. The Hall–Kier alpha value is -0.770. The maximum atomic E-state index is 10.8. The third-order valence-electron chi connectivity index (χ3n) is 2.02. The fraction of sp³-hybridized carbons (Fsp3) is 0.875. The highest BCUT2D eigenvalue weighted by Gasteiger charge is 2.27. The first-order valence-corrected chi connectivity index (χ1v) is 4.31. The molecule has 1 saturated carbocycles. The molecule has 0 radical (unpaired) electrons. The van der Waals surface area contributed by atoms with Crippen molar-refractivity contribution in [2.75, 3.05) is 13.2 Å². The lowest BCUT2D eigenvalue weighted by Gasteiger charge is -2.31. The highest BCUT2D eigenvalue weighted by molar-refractivity contribution is 5.67. The molecule has 1 aliphatic carbocycles. The Labute approximate surface area is 71.9 Å². The Morgan fingerprint density at radius 1 is 1.67 bits per heavy atom. The Kier molecular flexibility index (Phi) is 3.34. The van der Waals surface area contributed by atoms with Gasteiger partial charge in [0, 0.05) is 6.54 Å². The number of rotatable bonds is 3. The third-order valence-corrected chi connectivity index (χ3v) is 2.02. The number of carbonyl (C=O) groups excluding carboxylic acids is 1. The van der Waals surface area contributed by atoms with E-state index >= 15 is 0 Å². The molecule has 2 N–H and O–H groups in total. The van der Waals surface area contributed by atoms with Crippen LogP contribution in [0.15, 0.2) is 0 Å². The van der Waals surface area contributed by atoms with Gasteiger partial charge in [0.1, 0.15) is 0 Å². The maximum Gasteiger partial charge on any atom is 0.407 e. The predicted molar refractivity (Wildman–Crippen MR) is 43.8 cm³/mol. The number of ether oxygens (including phenoxy) is 1. The van der Waals surface area contributed by atoms with Crippen LogP contribution in [0.25, 0.3) is 0 Å². The van der Waals surface area contributed by atoms with E-state index in [9.17, 15) is 4.79 Å². The molecule has 0 bridgehead atoms.